The number of carbonyl (C=O) groups is 4. The fourth-order valence-corrected chi connectivity index (χ4v) is 6.22. The molecule has 3 aliphatic rings. The molecule has 0 spiro atoms. The van der Waals surface area contributed by atoms with Crippen molar-refractivity contribution in [1.82, 2.24) is 4.90 Å². The van der Waals surface area contributed by atoms with E-state index in [1.807, 2.05) is 30.3 Å². The molecular formula is C29H26ClN3O7S. The number of nitrogens with zero attached hydrogens (tertiary/aromatic N) is 3. The fraction of sp³-hybridized carbons (Fsp3) is 0.310. The van der Waals surface area contributed by atoms with Crippen LogP contribution < -0.4 is 14.5 Å². The Kier molecular flexibility index (Phi) is 7.55. The molecule has 0 aliphatic carbocycles. The third-order valence-corrected chi connectivity index (χ3v) is 8.59. The molecular weight excluding hydrogens is 570 g/mol. The molecule has 0 unspecified atom stereocenters. The quantitative estimate of drug-likeness (QED) is 0.348. The van der Waals surface area contributed by atoms with Gasteiger partial charge in [-0.3, -0.25) is 19.4 Å². The van der Waals surface area contributed by atoms with Gasteiger partial charge in [0.1, 0.15) is 37.7 Å². The van der Waals surface area contributed by atoms with E-state index in [1.165, 1.54) is 16.2 Å². The Morgan fingerprint density at radius 3 is 2.63 bits per heavy atom. The minimum atomic E-state index is -0.537. The number of ether oxygens (including phenoxy) is 3. The third-order valence-electron chi connectivity index (χ3n) is 7.32. The maximum Gasteiger partial charge on any atom is 0.415 e. The smallest absolute Gasteiger partial charge is 0.415 e. The van der Waals surface area contributed by atoms with Crippen LogP contribution in [-0.4, -0.2) is 67.2 Å². The Hall–Kier alpha value is -4.09. The lowest BCUT2D eigenvalue weighted by Gasteiger charge is -2.35. The summed E-state index contributed by atoms with van der Waals surface area (Å²) in [5.74, 6) is 0.157. The molecule has 212 valence electrons. The number of rotatable bonds is 7. The molecule has 2 aromatic carbocycles. The molecule has 3 amide bonds. The van der Waals surface area contributed by atoms with E-state index < -0.39 is 18.3 Å². The van der Waals surface area contributed by atoms with Gasteiger partial charge in [0.2, 0.25) is 5.91 Å². The van der Waals surface area contributed by atoms with E-state index in [9.17, 15) is 19.2 Å². The van der Waals surface area contributed by atoms with Crippen molar-refractivity contribution in [2.24, 2.45) is 0 Å². The number of piperazine rings is 1. The maximum absolute atomic E-state index is 13.0. The van der Waals surface area contributed by atoms with Crippen LogP contribution >= 0.6 is 22.9 Å². The number of hydrogen-bond acceptors (Lipinski definition) is 8. The highest BCUT2D eigenvalue weighted by Gasteiger charge is 2.46. The highest BCUT2D eigenvalue weighted by molar-refractivity contribution is 7.18. The first-order chi connectivity index (χ1) is 19.9. The zero-order valence-electron chi connectivity index (χ0n) is 21.9. The zero-order chi connectivity index (χ0) is 28.5. The lowest BCUT2D eigenvalue weighted by atomic mass is 10.0. The predicted octanol–water partition coefficient (Wildman–Crippen LogP) is 5.14. The fourth-order valence-electron chi connectivity index (χ4n) is 5.21. The molecule has 4 heterocycles. The first-order valence-corrected chi connectivity index (χ1v) is 14.4. The summed E-state index contributed by atoms with van der Waals surface area (Å²) in [6, 6.07) is 17.6. The van der Waals surface area contributed by atoms with E-state index in [1.54, 1.807) is 40.1 Å². The number of thiophene rings is 1. The average molecular weight is 596 g/mol. The monoisotopic (exact) mass is 595 g/mol. The van der Waals surface area contributed by atoms with Crippen LogP contribution in [0.1, 0.15) is 28.1 Å². The van der Waals surface area contributed by atoms with Crippen LogP contribution in [0.15, 0.2) is 60.7 Å². The molecule has 0 N–H and O–H groups in total. The second-order valence-electron chi connectivity index (χ2n) is 9.90. The number of hydrogen-bond donors (Lipinski definition) is 0. The third kappa shape index (κ3) is 5.59. The summed E-state index contributed by atoms with van der Waals surface area (Å²) in [6.45, 7) is 0.829. The number of cyclic esters (lactones) is 1. The van der Waals surface area contributed by atoms with Crippen LogP contribution in [0.4, 0.5) is 21.0 Å². The number of amides is 3. The van der Waals surface area contributed by atoms with Crippen LogP contribution in [0.3, 0.4) is 0 Å². The van der Waals surface area contributed by atoms with Crippen molar-refractivity contribution in [3.8, 4) is 5.75 Å². The summed E-state index contributed by atoms with van der Waals surface area (Å²) in [5, 5.41) is 0. The molecule has 3 aliphatic heterocycles. The average Bonchev–Trinajstić information content (AvgIpc) is 3.57. The molecule has 2 atom stereocenters. The Labute approximate surface area is 244 Å². The van der Waals surface area contributed by atoms with Crippen LogP contribution in [0.2, 0.25) is 4.34 Å². The van der Waals surface area contributed by atoms with Crippen molar-refractivity contribution >= 4 is 58.2 Å². The second kappa shape index (κ2) is 11.4. The van der Waals surface area contributed by atoms with Crippen molar-refractivity contribution in [3.63, 3.8) is 0 Å². The molecule has 12 heteroatoms. The molecule has 41 heavy (non-hydrogen) atoms. The van der Waals surface area contributed by atoms with Gasteiger partial charge in [0.05, 0.1) is 14.9 Å². The predicted molar refractivity (Wildman–Crippen MR) is 152 cm³/mol. The van der Waals surface area contributed by atoms with Gasteiger partial charge in [0, 0.05) is 31.3 Å². The number of benzene rings is 2. The maximum atomic E-state index is 13.0. The molecule has 0 saturated carbocycles. The summed E-state index contributed by atoms with van der Waals surface area (Å²) in [5.41, 5.74) is 2.02. The van der Waals surface area contributed by atoms with Crippen LogP contribution in [0.5, 0.6) is 5.75 Å². The topological polar surface area (TPSA) is 106 Å². The summed E-state index contributed by atoms with van der Waals surface area (Å²) in [4.78, 5) is 55.9. The number of Topliss-reactive ketones (excluding diaryl/α,β-unsaturated/α-hetero) is 1. The van der Waals surface area contributed by atoms with Gasteiger partial charge in [-0.1, -0.05) is 41.9 Å². The van der Waals surface area contributed by atoms with E-state index in [0.29, 0.717) is 39.3 Å². The normalized spacial score (nSPS) is 19.8. The second-order valence-corrected chi connectivity index (χ2v) is 11.6. The van der Waals surface area contributed by atoms with Gasteiger partial charge in [-0.15, -0.1) is 11.3 Å². The standard InChI is InChI=1S/C29H26ClN3O7S/c30-26-11-10-25(41-26)22(34)8-9-23-21-17-38-24-14-19(6-7-20(24)33(21)29(37)40-23)32-13-12-31(15-27(32)35)28(36)39-16-18-4-2-1-3-5-18/h1-7,10-11,14,21,23H,8-9,12-13,15-17H2/t21-,23-/m0/s1. The number of fused-ring (bicyclic) bond motifs is 3. The van der Waals surface area contributed by atoms with Gasteiger partial charge in [0.25, 0.3) is 0 Å². The molecule has 3 aromatic rings. The molecule has 6 rings (SSSR count). The Bertz CT molecular complexity index is 1500. The van der Waals surface area contributed by atoms with Crippen molar-refractivity contribution in [3.05, 3.63) is 75.4 Å². The van der Waals surface area contributed by atoms with Crippen molar-refractivity contribution < 1.29 is 33.4 Å². The zero-order valence-corrected chi connectivity index (χ0v) is 23.4. The summed E-state index contributed by atoms with van der Waals surface area (Å²) >= 11 is 7.17. The van der Waals surface area contributed by atoms with E-state index in [-0.39, 0.29) is 50.5 Å². The van der Waals surface area contributed by atoms with Crippen LogP contribution in [0, 0.1) is 0 Å². The highest BCUT2D eigenvalue weighted by Crippen LogP contribution is 2.42. The molecule has 1 aromatic heterocycles. The summed E-state index contributed by atoms with van der Waals surface area (Å²) < 4.78 is 17.6. The van der Waals surface area contributed by atoms with Gasteiger partial charge in [-0.25, -0.2) is 9.59 Å². The first-order valence-electron chi connectivity index (χ1n) is 13.2. The molecule has 2 fully saturated rings. The van der Waals surface area contributed by atoms with Gasteiger partial charge >= 0.3 is 12.2 Å². The molecule has 0 bridgehead atoms. The molecule has 0 radical (unpaired) electrons. The Balaban J connectivity index is 1.07. The minimum absolute atomic E-state index is 0.0487. The summed E-state index contributed by atoms with van der Waals surface area (Å²) in [7, 11) is 0. The van der Waals surface area contributed by atoms with E-state index in [0.717, 1.165) is 5.56 Å². The van der Waals surface area contributed by atoms with E-state index >= 15 is 0 Å². The Morgan fingerprint density at radius 2 is 1.88 bits per heavy atom. The molecule has 2 saturated heterocycles. The van der Waals surface area contributed by atoms with Crippen molar-refractivity contribution in [2.45, 2.75) is 31.6 Å². The Morgan fingerprint density at radius 1 is 1.05 bits per heavy atom. The van der Waals surface area contributed by atoms with E-state index in [4.69, 9.17) is 25.8 Å². The lowest BCUT2D eigenvalue weighted by molar-refractivity contribution is -0.120. The number of carbonyl (C=O) groups excluding carboxylic acids is 4. The number of anilines is 2. The highest BCUT2D eigenvalue weighted by atomic mass is 35.5. The lowest BCUT2D eigenvalue weighted by Crippen LogP contribution is -2.52. The molecule has 10 nitrogen and oxygen atoms in total. The van der Waals surface area contributed by atoms with E-state index in [2.05, 4.69) is 0 Å². The minimum Gasteiger partial charge on any atom is -0.489 e. The van der Waals surface area contributed by atoms with Crippen LogP contribution in [-0.2, 0) is 20.9 Å². The largest absolute Gasteiger partial charge is 0.489 e. The van der Waals surface area contributed by atoms with Gasteiger partial charge < -0.3 is 19.1 Å². The first kappa shape index (κ1) is 27.1. The number of halogens is 1. The van der Waals surface area contributed by atoms with Gasteiger partial charge in [-0.2, -0.15) is 0 Å². The van der Waals surface area contributed by atoms with Crippen LogP contribution in [0.25, 0.3) is 0 Å². The summed E-state index contributed by atoms with van der Waals surface area (Å²) in [6.07, 6.45) is -0.943. The van der Waals surface area contributed by atoms with Gasteiger partial charge in [-0.05, 0) is 36.2 Å². The number of ketones is 1. The van der Waals surface area contributed by atoms with Gasteiger partial charge in [0.15, 0.2) is 5.78 Å². The van der Waals surface area contributed by atoms with Crippen molar-refractivity contribution in [2.75, 3.05) is 36.0 Å². The van der Waals surface area contributed by atoms with Crippen molar-refractivity contribution in [1.29, 1.82) is 0 Å². The SMILES string of the molecule is O=C(CC[C@@H]1OC(=O)N2c3ccc(N4CCN(C(=O)OCc5ccccc5)CC4=O)cc3OC[C@@H]12)c1ccc(Cl)s1.